The van der Waals surface area contributed by atoms with Crippen molar-refractivity contribution in [3.05, 3.63) is 22.2 Å². The maximum Gasteiger partial charge on any atom is 0.222 e. The lowest BCUT2D eigenvalue weighted by molar-refractivity contribution is -0.139. The third-order valence-electron chi connectivity index (χ3n) is 6.87. The largest absolute Gasteiger partial charge is 0.392 e. The fourth-order valence-electron chi connectivity index (χ4n) is 4.75. The van der Waals surface area contributed by atoms with Crippen LogP contribution in [0.5, 0.6) is 0 Å². The number of carbonyl (C=O) groups excluding carboxylic acids is 2. The number of ketones is 1. The van der Waals surface area contributed by atoms with Gasteiger partial charge in [-0.05, 0) is 50.5 Å². The molecule has 0 spiro atoms. The van der Waals surface area contributed by atoms with E-state index in [-0.39, 0.29) is 24.0 Å². The molecule has 6 heteroatoms. The number of hydrogen-bond donors (Lipinski definition) is 2. The van der Waals surface area contributed by atoms with Gasteiger partial charge in [-0.3, -0.25) is 9.59 Å². The second kappa shape index (κ2) is 14.8. The van der Waals surface area contributed by atoms with Crippen molar-refractivity contribution in [2.24, 2.45) is 29.1 Å². The minimum absolute atomic E-state index is 0.0106. The summed E-state index contributed by atoms with van der Waals surface area (Å²) in [5.74, 6) is 1.39. The van der Waals surface area contributed by atoms with E-state index in [0.29, 0.717) is 24.3 Å². The van der Waals surface area contributed by atoms with Gasteiger partial charge in [0.05, 0.1) is 28.6 Å². The molecule has 0 radical (unpaired) electrons. The number of thiazole rings is 1. The molecule has 2 N–H and O–H groups in total. The van der Waals surface area contributed by atoms with Crippen molar-refractivity contribution in [3.63, 3.8) is 0 Å². The van der Waals surface area contributed by atoms with Gasteiger partial charge < -0.3 is 10.4 Å². The van der Waals surface area contributed by atoms with Crippen LogP contribution in [0, 0.1) is 36.0 Å². The van der Waals surface area contributed by atoms with E-state index in [2.05, 4.69) is 36.5 Å². The maximum atomic E-state index is 12.8. The number of carbonyl (C=O) groups is 2. The first kappa shape index (κ1) is 30.5. The van der Waals surface area contributed by atoms with E-state index in [4.69, 9.17) is 0 Å². The Labute approximate surface area is 211 Å². The molecule has 4 unspecified atom stereocenters. The highest BCUT2D eigenvalue weighted by Gasteiger charge is 2.39. The molecule has 1 aromatic heterocycles. The number of nitrogens with one attached hydrogen (secondary N) is 1. The Bertz CT molecular complexity index is 786. The number of allylic oxidation sites excluding steroid dienone is 1. The van der Waals surface area contributed by atoms with Crippen LogP contribution in [0.1, 0.15) is 97.7 Å². The van der Waals surface area contributed by atoms with Gasteiger partial charge in [-0.1, -0.05) is 66.9 Å². The summed E-state index contributed by atoms with van der Waals surface area (Å²) in [6, 6.07) is 0. The predicted molar refractivity (Wildman–Crippen MR) is 144 cm³/mol. The Hall–Kier alpha value is -1.53. The number of rotatable bonds is 1. The number of aliphatic hydroxyl groups is 1. The van der Waals surface area contributed by atoms with Crippen molar-refractivity contribution in [3.8, 4) is 0 Å². The molecule has 0 bridgehead atoms. The summed E-state index contributed by atoms with van der Waals surface area (Å²) in [5, 5.41) is 16.6. The third-order valence-corrected chi connectivity index (χ3v) is 7.66. The number of aryl methyl sites for hydroxylation is 1. The van der Waals surface area contributed by atoms with E-state index in [1.807, 2.05) is 32.9 Å². The number of hydrogen-bond acceptors (Lipinski definition) is 5. The number of Topliss-reactive ketones (excluding diaryl/α,β-unsaturated/α-hetero) is 1. The number of nitrogens with zero attached hydrogens (tertiary/aromatic N) is 1. The quantitative estimate of drug-likeness (QED) is 0.473. The van der Waals surface area contributed by atoms with E-state index in [9.17, 15) is 14.7 Å². The first-order chi connectivity index (χ1) is 15.9. The van der Waals surface area contributed by atoms with Crippen LogP contribution in [0.25, 0.3) is 6.08 Å². The lowest BCUT2D eigenvalue weighted by Crippen LogP contribution is -2.43. The second-order valence-electron chi connectivity index (χ2n) is 11.0. The van der Waals surface area contributed by atoms with Crippen molar-refractivity contribution in [1.82, 2.24) is 10.3 Å². The van der Waals surface area contributed by atoms with Crippen LogP contribution in [0.2, 0.25) is 0 Å². The Morgan fingerprint density at radius 3 is 2.26 bits per heavy atom. The average Bonchev–Trinajstić information content (AvgIpc) is 3.16. The van der Waals surface area contributed by atoms with E-state index >= 15 is 0 Å². The van der Waals surface area contributed by atoms with E-state index in [1.54, 1.807) is 25.2 Å². The molecule has 5 atom stereocenters. The van der Waals surface area contributed by atoms with Gasteiger partial charge in [0.1, 0.15) is 5.78 Å². The summed E-state index contributed by atoms with van der Waals surface area (Å²) in [7, 11) is 0. The van der Waals surface area contributed by atoms with Crippen molar-refractivity contribution in [2.75, 3.05) is 6.54 Å². The van der Waals surface area contributed by atoms with Crippen LogP contribution in [-0.2, 0) is 9.59 Å². The molecule has 1 fully saturated rings. The average molecular weight is 493 g/mol. The molecule has 0 aliphatic carbocycles. The molecule has 0 saturated carbocycles. The van der Waals surface area contributed by atoms with E-state index in [0.717, 1.165) is 30.0 Å². The van der Waals surface area contributed by atoms with Gasteiger partial charge in [0.15, 0.2) is 0 Å². The highest BCUT2D eigenvalue weighted by Crippen LogP contribution is 2.31. The predicted octanol–water partition coefficient (Wildman–Crippen LogP) is 6.44. The van der Waals surface area contributed by atoms with E-state index < -0.39 is 11.5 Å². The van der Waals surface area contributed by atoms with Crippen LogP contribution in [-0.4, -0.2) is 34.4 Å². The first-order valence-corrected chi connectivity index (χ1v) is 13.8. The molecule has 5 nitrogen and oxygen atoms in total. The molecule has 1 saturated heterocycles. The summed E-state index contributed by atoms with van der Waals surface area (Å²) in [5.41, 5.74) is 0.174. The number of aromatic nitrogens is 1. The van der Waals surface area contributed by atoms with Gasteiger partial charge in [-0.2, -0.15) is 0 Å². The maximum absolute atomic E-state index is 12.8. The molecule has 194 valence electrons. The highest BCUT2D eigenvalue weighted by atomic mass is 32.1. The van der Waals surface area contributed by atoms with Gasteiger partial charge in [-0.25, -0.2) is 4.98 Å². The van der Waals surface area contributed by atoms with Crippen LogP contribution in [0.4, 0.5) is 0 Å². The standard InChI is InChI=1S/C21H39NO3.C7H9NS/c1-14-8-7-9-15(2)11-17(4)20(25)21(5,6)18(23)12-19(24)22-13-16(3)10-14;1-3-4-7-5-9-6(2)8-7/h14-18,23H,7-13H2,1-6H3,(H,22,24);3-5H,1-2H3/b;4-3-/t14?,15?,16-,17?,18?;/m0./s1. The lowest BCUT2D eigenvalue weighted by Gasteiger charge is -2.32. The molecular formula is C28H48N2O3S. The smallest absolute Gasteiger partial charge is 0.222 e. The minimum atomic E-state index is -0.945. The molecule has 2 heterocycles. The Kier molecular flexibility index (Phi) is 13.3. The summed E-state index contributed by atoms with van der Waals surface area (Å²) in [6.45, 7) is 16.8. The molecular weight excluding hydrogens is 444 g/mol. The van der Waals surface area contributed by atoms with Crippen molar-refractivity contribution >= 4 is 29.1 Å². The molecule has 0 aromatic carbocycles. The van der Waals surface area contributed by atoms with Crippen molar-refractivity contribution in [1.29, 1.82) is 0 Å². The Balaban J connectivity index is 0.000000533. The highest BCUT2D eigenvalue weighted by molar-refractivity contribution is 7.09. The van der Waals surface area contributed by atoms with Gasteiger partial charge in [0.2, 0.25) is 5.91 Å². The van der Waals surface area contributed by atoms with Crippen LogP contribution >= 0.6 is 11.3 Å². The fraction of sp³-hybridized carbons (Fsp3) is 0.750. The second-order valence-corrected chi connectivity index (χ2v) is 12.1. The van der Waals surface area contributed by atoms with E-state index in [1.165, 1.54) is 12.8 Å². The SMILES string of the molecule is C/C=C\c1csc(C)n1.CC1CCCC(C)C[C@H](C)CNC(=O)CC(O)C(C)(C)C(=O)C(C)C1. The molecule has 2 rings (SSSR count). The zero-order valence-corrected chi connectivity index (χ0v) is 23.5. The van der Waals surface area contributed by atoms with Crippen molar-refractivity contribution in [2.45, 2.75) is 100 Å². The Morgan fingerprint density at radius 2 is 1.71 bits per heavy atom. The normalized spacial score (nSPS) is 29.9. The van der Waals surface area contributed by atoms with Crippen LogP contribution < -0.4 is 5.32 Å². The minimum Gasteiger partial charge on any atom is -0.392 e. The topological polar surface area (TPSA) is 79.3 Å². The summed E-state index contributed by atoms with van der Waals surface area (Å²) >= 11 is 1.68. The Morgan fingerprint density at radius 1 is 1.09 bits per heavy atom. The van der Waals surface area contributed by atoms with Crippen molar-refractivity contribution < 1.29 is 14.7 Å². The molecule has 1 aliphatic rings. The molecule has 1 aliphatic heterocycles. The molecule has 1 aromatic rings. The molecule has 34 heavy (non-hydrogen) atoms. The van der Waals surface area contributed by atoms with Gasteiger partial charge in [0, 0.05) is 17.8 Å². The van der Waals surface area contributed by atoms with Gasteiger partial charge in [-0.15, -0.1) is 11.3 Å². The summed E-state index contributed by atoms with van der Waals surface area (Å²) in [6.07, 6.45) is 8.55. The fourth-order valence-corrected chi connectivity index (χ4v) is 5.33. The van der Waals surface area contributed by atoms with Crippen LogP contribution in [0.3, 0.4) is 0 Å². The zero-order valence-electron chi connectivity index (χ0n) is 22.7. The zero-order chi connectivity index (χ0) is 25.9. The summed E-state index contributed by atoms with van der Waals surface area (Å²) in [4.78, 5) is 29.2. The number of amides is 1. The first-order valence-electron chi connectivity index (χ1n) is 12.9. The van der Waals surface area contributed by atoms with Gasteiger partial charge in [0.25, 0.3) is 0 Å². The van der Waals surface area contributed by atoms with Gasteiger partial charge >= 0.3 is 0 Å². The molecule has 1 amide bonds. The third kappa shape index (κ3) is 10.8. The van der Waals surface area contributed by atoms with Crippen LogP contribution in [0.15, 0.2) is 11.5 Å². The monoisotopic (exact) mass is 492 g/mol. The summed E-state index contributed by atoms with van der Waals surface area (Å²) < 4.78 is 0. The number of aliphatic hydroxyl groups excluding tert-OH is 1. The lowest BCUT2D eigenvalue weighted by atomic mass is 9.74.